The summed E-state index contributed by atoms with van der Waals surface area (Å²) in [5, 5.41) is 3.01. The summed E-state index contributed by atoms with van der Waals surface area (Å²) in [6.45, 7) is 0.648. The fourth-order valence-corrected chi connectivity index (χ4v) is 2.90. The van der Waals surface area contributed by atoms with Crippen molar-refractivity contribution in [2.45, 2.75) is 32.1 Å². The van der Waals surface area contributed by atoms with E-state index in [2.05, 4.69) is 15.3 Å². The molecule has 1 aliphatic carbocycles. The number of aromatic amines is 2. The third-order valence-corrected chi connectivity index (χ3v) is 4.02. The quantitative estimate of drug-likeness (QED) is 0.793. The maximum absolute atomic E-state index is 11.9. The molecule has 5 nitrogen and oxygen atoms in total. The molecule has 3 N–H and O–H groups in total. The van der Waals surface area contributed by atoms with E-state index in [9.17, 15) is 9.59 Å². The van der Waals surface area contributed by atoms with Crippen molar-refractivity contribution in [3.63, 3.8) is 0 Å². The first-order chi connectivity index (χ1) is 9.72. The summed E-state index contributed by atoms with van der Waals surface area (Å²) in [6, 6.07) is 5.82. The Balaban J connectivity index is 1.56. The predicted molar refractivity (Wildman–Crippen MR) is 77.6 cm³/mol. The molecule has 0 atom stereocenters. The van der Waals surface area contributed by atoms with Crippen LogP contribution < -0.4 is 11.0 Å². The zero-order chi connectivity index (χ0) is 13.9. The van der Waals surface area contributed by atoms with E-state index < -0.39 is 0 Å². The highest BCUT2D eigenvalue weighted by Gasteiger charge is 2.21. The van der Waals surface area contributed by atoms with Gasteiger partial charge in [0.05, 0.1) is 11.0 Å². The largest absolute Gasteiger partial charge is 0.356 e. The van der Waals surface area contributed by atoms with Crippen LogP contribution in [-0.4, -0.2) is 22.4 Å². The fraction of sp³-hybridized carbons (Fsp3) is 0.467. The summed E-state index contributed by atoms with van der Waals surface area (Å²) in [6.07, 6.45) is 5.19. The van der Waals surface area contributed by atoms with E-state index in [0.29, 0.717) is 6.54 Å². The number of aromatic nitrogens is 2. The molecule has 1 fully saturated rings. The Labute approximate surface area is 116 Å². The van der Waals surface area contributed by atoms with Gasteiger partial charge in [-0.3, -0.25) is 4.79 Å². The number of benzene rings is 1. The number of H-pyrrole nitrogens is 2. The van der Waals surface area contributed by atoms with Gasteiger partial charge in [0.1, 0.15) is 0 Å². The molecule has 20 heavy (non-hydrogen) atoms. The molecule has 3 rings (SSSR count). The van der Waals surface area contributed by atoms with Gasteiger partial charge in [0, 0.05) is 12.5 Å². The van der Waals surface area contributed by atoms with Gasteiger partial charge < -0.3 is 15.3 Å². The number of fused-ring (bicyclic) bond motifs is 1. The summed E-state index contributed by atoms with van der Waals surface area (Å²) in [7, 11) is 0. The minimum Gasteiger partial charge on any atom is -0.356 e. The molecular formula is C15H19N3O2. The van der Waals surface area contributed by atoms with Gasteiger partial charge in [-0.05, 0) is 37.0 Å². The van der Waals surface area contributed by atoms with E-state index in [1.165, 1.54) is 12.8 Å². The molecule has 1 amide bonds. The average molecular weight is 273 g/mol. The van der Waals surface area contributed by atoms with Crippen LogP contribution in [0.4, 0.5) is 0 Å². The van der Waals surface area contributed by atoms with Crippen LogP contribution in [0.5, 0.6) is 0 Å². The van der Waals surface area contributed by atoms with Gasteiger partial charge >= 0.3 is 5.69 Å². The van der Waals surface area contributed by atoms with Crippen molar-refractivity contribution in [2.24, 2.45) is 5.92 Å². The highest BCUT2D eigenvalue weighted by molar-refractivity contribution is 5.79. The van der Waals surface area contributed by atoms with Crippen LogP contribution in [0.3, 0.4) is 0 Å². The molecule has 0 aliphatic heterocycles. The second kappa shape index (κ2) is 5.53. The van der Waals surface area contributed by atoms with Crippen LogP contribution in [0.15, 0.2) is 23.0 Å². The number of carbonyl (C=O) groups is 1. The zero-order valence-electron chi connectivity index (χ0n) is 11.4. The van der Waals surface area contributed by atoms with E-state index in [4.69, 9.17) is 0 Å². The third kappa shape index (κ3) is 2.76. The molecule has 2 aromatic rings. The summed E-state index contributed by atoms with van der Waals surface area (Å²) >= 11 is 0. The Hall–Kier alpha value is -2.04. The molecule has 0 unspecified atom stereocenters. The van der Waals surface area contributed by atoms with Gasteiger partial charge in [-0.25, -0.2) is 4.79 Å². The predicted octanol–water partition coefficient (Wildman–Crippen LogP) is 1.71. The first kappa shape index (κ1) is 13.0. The summed E-state index contributed by atoms with van der Waals surface area (Å²) in [5.41, 5.74) is 2.55. The Kier molecular flexibility index (Phi) is 3.58. The van der Waals surface area contributed by atoms with Crippen LogP contribution >= 0.6 is 0 Å². The van der Waals surface area contributed by atoms with E-state index in [1.807, 2.05) is 18.2 Å². The summed E-state index contributed by atoms with van der Waals surface area (Å²) in [5.74, 6) is 0.414. The minimum atomic E-state index is -0.188. The molecule has 5 heteroatoms. The van der Waals surface area contributed by atoms with E-state index >= 15 is 0 Å². The van der Waals surface area contributed by atoms with Crippen LogP contribution in [-0.2, 0) is 11.2 Å². The molecule has 1 saturated carbocycles. The minimum absolute atomic E-state index is 0.188. The second-order valence-corrected chi connectivity index (χ2v) is 5.48. The normalized spacial score (nSPS) is 15.8. The van der Waals surface area contributed by atoms with Gasteiger partial charge in [-0.15, -0.1) is 0 Å². The molecule has 1 heterocycles. The lowest BCUT2D eigenvalue weighted by Crippen LogP contribution is -2.30. The number of imidazole rings is 1. The van der Waals surface area contributed by atoms with Crippen LogP contribution in [0.2, 0.25) is 0 Å². The maximum atomic E-state index is 11.9. The van der Waals surface area contributed by atoms with Crippen LogP contribution in [0.25, 0.3) is 11.0 Å². The van der Waals surface area contributed by atoms with Crippen molar-refractivity contribution >= 4 is 16.9 Å². The zero-order valence-corrected chi connectivity index (χ0v) is 11.4. The van der Waals surface area contributed by atoms with E-state index in [-0.39, 0.29) is 17.5 Å². The van der Waals surface area contributed by atoms with Crippen molar-refractivity contribution in [3.05, 3.63) is 34.2 Å². The molecule has 106 valence electrons. The number of nitrogens with one attached hydrogen (secondary N) is 3. The molecule has 0 radical (unpaired) electrons. The topological polar surface area (TPSA) is 77.8 Å². The number of hydrogen-bond donors (Lipinski definition) is 3. The van der Waals surface area contributed by atoms with Crippen molar-refractivity contribution in [1.29, 1.82) is 0 Å². The lowest BCUT2D eigenvalue weighted by atomic mass is 10.1. The Morgan fingerprint density at radius 1 is 1.20 bits per heavy atom. The second-order valence-electron chi connectivity index (χ2n) is 5.48. The van der Waals surface area contributed by atoms with Gasteiger partial charge in [0.15, 0.2) is 0 Å². The smallest absolute Gasteiger partial charge is 0.323 e. The van der Waals surface area contributed by atoms with Crippen LogP contribution in [0.1, 0.15) is 31.2 Å². The van der Waals surface area contributed by atoms with Crippen molar-refractivity contribution in [1.82, 2.24) is 15.3 Å². The molecule has 1 aromatic heterocycles. The number of amides is 1. The molecule has 1 aromatic carbocycles. The highest BCUT2D eigenvalue weighted by atomic mass is 16.2. The Bertz CT molecular complexity index is 665. The molecule has 1 aliphatic rings. The first-order valence-corrected chi connectivity index (χ1v) is 7.21. The van der Waals surface area contributed by atoms with Crippen molar-refractivity contribution in [3.8, 4) is 0 Å². The molecular weight excluding hydrogens is 254 g/mol. The number of rotatable bonds is 4. The van der Waals surface area contributed by atoms with Crippen molar-refractivity contribution in [2.75, 3.05) is 6.54 Å². The SMILES string of the molecule is O=C(NCCc1ccc2[nH]c(=O)[nH]c2c1)C1CCCC1. The highest BCUT2D eigenvalue weighted by Crippen LogP contribution is 2.24. The number of hydrogen-bond acceptors (Lipinski definition) is 2. The summed E-state index contributed by atoms with van der Waals surface area (Å²) < 4.78 is 0. The van der Waals surface area contributed by atoms with Gasteiger partial charge in [0.2, 0.25) is 5.91 Å². The standard InChI is InChI=1S/C15H19N3O2/c19-14(11-3-1-2-4-11)16-8-7-10-5-6-12-13(9-10)18-15(20)17-12/h5-6,9,11H,1-4,7-8H2,(H,16,19)(H2,17,18,20). The Morgan fingerprint density at radius 3 is 2.75 bits per heavy atom. The third-order valence-electron chi connectivity index (χ3n) is 4.02. The van der Waals surface area contributed by atoms with E-state index in [1.54, 1.807) is 0 Å². The van der Waals surface area contributed by atoms with Gasteiger partial charge in [-0.1, -0.05) is 18.9 Å². The van der Waals surface area contributed by atoms with E-state index in [0.717, 1.165) is 35.9 Å². The monoisotopic (exact) mass is 273 g/mol. The Morgan fingerprint density at radius 2 is 1.95 bits per heavy atom. The molecule has 0 spiro atoms. The fourth-order valence-electron chi connectivity index (χ4n) is 2.90. The lowest BCUT2D eigenvalue weighted by Gasteiger charge is -2.10. The first-order valence-electron chi connectivity index (χ1n) is 7.21. The summed E-state index contributed by atoms with van der Waals surface area (Å²) in [4.78, 5) is 28.5. The van der Waals surface area contributed by atoms with Gasteiger partial charge in [0.25, 0.3) is 0 Å². The maximum Gasteiger partial charge on any atom is 0.323 e. The molecule has 0 bridgehead atoms. The molecule has 0 saturated heterocycles. The van der Waals surface area contributed by atoms with Crippen molar-refractivity contribution < 1.29 is 4.79 Å². The van der Waals surface area contributed by atoms with Gasteiger partial charge in [-0.2, -0.15) is 0 Å². The van der Waals surface area contributed by atoms with Crippen LogP contribution in [0, 0.1) is 5.92 Å². The lowest BCUT2D eigenvalue weighted by molar-refractivity contribution is -0.124. The number of carbonyl (C=O) groups excluding carboxylic acids is 1. The average Bonchev–Trinajstić information content (AvgIpc) is 3.05.